The molecule has 0 bridgehead atoms. The van der Waals surface area contributed by atoms with E-state index in [0.717, 1.165) is 21.1 Å². The molecular formula is C16H13FN4OS2. The second-order valence-electron chi connectivity index (χ2n) is 4.95. The van der Waals surface area contributed by atoms with Gasteiger partial charge < -0.3 is 5.73 Å². The van der Waals surface area contributed by atoms with Crippen LogP contribution in [0.15, 0.2) is 41.4 Å². The van der Waals surface area contributed by atoms with Crippen LogP contribution in [-0.2, 0) is 4.79 Å². The highest BCUT2D eigenvalue weighted by Crippen LogP contribution is 2.34. The van der Waals surface area contributed by atoms with Crippen LogP contribution in [0.25, 0.3) is 21.1 Å². The molecule has 0 radical (unpaired) electrons. The van der Waals surface area contributed by atoms with Gasteiger partial charge in [0.25, 0.3) is 0 Å². The van der Waals surface area contributed by atoms with Gasteiger partial charge in [0, 0.05) is 5.56 Å². The van der Waals surface area contributed by atoms with Crippen molar-refractivity contribution in [1.82, 2.24) is 15.2 Å². The number of rotatable bonds is 5. The minimum absolute atomic E-state index is 0.169. The Labute approximate surface area is 146 Å². The van der Waals surface area contributed by atoms with Gasteiger partial charge in [-0.2, -0.15) is 0 Å². The Balaban J connectivity index is 1.84. The minimum Gasteiger partial charge on any atom is -0.369 e. The maximum atomic E-state index is 13.0. The van der Waals surface area contributed by atoms with Crippen LogP contribution in [0.3, 0.4) is 0 Å². The summed E-state index contributed by atoms with van der Waals surface area (Å²) in [5, 5.41) is 9.73. The molecule has 0 fully saturated rings. The predicted octanol–water partition coefficient (Wildman–Crippen LogP) is 3.29. The third-order valence-corrected chi connectivity index (χ3v) is 5.29. The molecule has 24 heavy (non-hydrogen) atoms. The SMILES string of the molecule is Cc1nc(-c2ccc(F)cc2)sc1-c1ccc(SCC(N)=O)nn1. The van der Waals surface area contributed by atoms with Crippen molar-refractivity contribution in [3.8, 4) is 21.1 Å². The van der Waals surface area contributed by atoms with Crippen LogP contribution in [0, 0.1) is 12.7 Å². The molecule has 2 N–H and O–H groups in total. The summed E-state index contributed by atoms with van der Waals surface area (Å²) in [4.78, 5) is 16.2. The molecule has 1 amide bonds. The Morgan fingerprint density at radius 3 is 2.58 bits per heavy atom. The average molecular weight is 360 g/mol. The first-order valence-corrected chi connectivity index (χ1v) is 8.81. The third-order valence-electron chi connectivity index (χ3n) is 3.12. The van der Waals surface area contributed by atoms with E-state index in [9.17, 15) is 9.18 Å². The fraction of sp³-hybridized carbons (Fsp3) is 0.125. The summed E-state index contributed by atoms with van der Waals surface area (Å²) in [6, 6.07) is 9.86. The van der Waals surface area contributed by atoms with E-state index in [0.29, 0.717) is 10.7 Å². The zero-order valence-electron chi connectivity index (χ0n) is 12.7. The molecule has 1 aromatic carbocycles. The van der Waals surface area contributed by atoms with Crippen molar-refractivity contribution in [3.63, 3.8) is 0 Å². The van der Waals surface area contributed by atoms with Crippen molar-refractivity contribution in [1.29, 1.82) is 0 Å². The number of thiazole rings is 1. The number of carbonyl (C=O) groups is 1. The van der Waals surface area contributed by atoms with Gasteiger partial charge >= 0.3 is 0 Å². The van der Waals surface area contributed by atoms with Gasteiger partial charge in [-0.3, -0.25) is 4.79 Å². The fourth-order valence-corrected chi connectivity index (χ4v) is 3.60. The lowest BCUT2D eigenvalue weighted by Gasteiger charge is -1.99. The molecule has 8 heteroatoms. The molecule has 0 unspecified atom stereocenters. The number of benzene rings is 1. The summed E-state index contributed by atoms with van der Waals surface area (Å²) in [6.07, 6.45) is 0. The van der Waals surface area contributed by atoms with E-state index >= 15 is 0 Å². The molecule has 5 nitrogen and oxygen atoms in total. The standard InChI is InChI=1S/C16H13FN4OS2/c1-9-15(12-6-7-14(21-20-12)23-8-13(18)22)24-16(19-9)10-2-4-11(17)5-3-10/h2-7H,8H2,1H3,(H2,18,22). The van der Waals surface area contributed by atoms with Crippen molar-refractivity contribution in [2.24, 2.45) is 5.73 Å². The topological polar surface area (TPSA) is 81.8 Å². The summed E-state index contributed by atoms with van der Waals surface area (Å²) >= 11 is 2.72. The highest BCUT2D eigenvalue weighted by molar-refractivity contribution is 7.99. The van der Waals surface area contributed by atoms with Crippen molar-refractivity contribution in [3.05, 3.63) is 47.9 Å². The number of halogens is 1. The van der Waals surface area contributed by atoms with E-state index in [1.165, 1.54) is 35.2 Å². The summed E-state index contributed by atoms with van der Waals surface area (Å²) in [7, 11) is 0. The maximum Gasteiger partial charge on any atom is 0.227 e. The lowest BCUT2D eigenvalue weighted by Crippen LogP contribution is -2.13. The second kappa shape index (κ2) is 7.06. The smallest absolute Gasteiger partial charge is 0.227 e. The molecule has 122 valence electrons. The Morgan fingerprint density at radius 2 is 1.96 bits per heavy atom. The number of hydrogen-bond acceptors (Lipinski definition) is 6. The Morgan fingerprint density at radius 1 is 1.21 bits per heavy atom. The Kier molecular flexibility index (Phi) is 4.86. The molecule has 0 aliphatic heterocycles. The van der Waals surface area contributed by atoms with E-state index in [-0.39, 0.29) is 11.6 Å². The maximum absolute atomic E-state index is 13.0. The lowest BCUT2D eigenvalue weighted by atomic mass is 10.2. The summed E-state index contributed by atoms with van der Waals surface area (Å²) < 4.78 is 13.0. The van der Waals surface area contributed by atoms with Gasteiger partial charge in [0.05, 0.1) is 16.3 Å². The Bertz CT molecular complexity index is 863. The van der Waals surface area contributed by atoms with Gasteiger partial charge in [0.2, 0.25) is 5.91 Å². The number of aryl methyl sites for hydroxylation is 1. The molecule has 3 rings (SSSR count). The van der Waals surface area contributed by atoms with Crippen LogP contribution in [0.5, 0.6) is 0 Å². The lowest BCUT2D eigenvalue weighted by molar-refractivity contribution is -0.115. The number of primary amides is 1. The predicted molar refractivity (Wildman–Crippen MR) is 93.2 cm³/mol. The van der Waals surface area contributed by atoms with Gasteiger partial charge in [-0.25, -0.2) is 9.37 Å². The van der Waals surface area contributed by atoms with Gasteiger partial charge in [-0.05, 0) is 43.3 Å². The second-order valence-corrected chi connectivity index (χ2v) is 6.95. The zero-order valence-corrected chi connectivity index (χ0v) is 14.3. The normalized spacial score (nSPS) is 10.8. The van der Waals surface area contributed by atoms with Crippen LogP contribution in [0.1, 0.15) is 5.69 Å². The summed E-state index contributed by atoms with van der Waals surface area (Å²) in [5.74, 6) is -0.502. The molecule has 0 saturated heterocycles. The third kappa shape index (κ3) is 3.77. The van der Waals surface area contributed by atoms with Crippen LogP contribution in [0.2, 0.25) is 0 Å². The highest BCUT2D eigenvalue weighted by Gasteiger charge is 2.13. The van der Waals surface area contributed by atoms with Crippen LogP contribution >= 0.6 is 23.1 Å². The zero-order chi connectivity index (χ0) is 17.1. The summed E-state index contributed by atoms with van der Waals surface area (Å²) in [5.41, 5.74) is 7.52. The van der Waals surface area contributed by atoms with E-state index in [4.69, 9.17) is 5.73 Å². The van der Waals surface area contributed by atoms with Gasteiger partial charge in [-0.15, -0.1) is 21.5 Å². The van der Waals surface area contributed by atoms with E-state index in [1.54, 1.807) is 18.2 Å². The summed E-state index contributed by atoms with van der Waals surface area (Å²) in [6.45, 7) is 1.90. The number of hydrogen-bond donors (Lipinski definition) is 1. The molecule has 0 saturated carbocycles. The minimum atomic E-state index is -0.395. The number of nitrogens with two attached hydrogens (primary N) is 1. The molecule has 0 spiro atoms. The first-order valence-electron chi connectivity index (χ1n) is 7.01. The first-order chi connectivity index (χ1) is 11.5. The Hall–Kier alpha value is -2.32. The van der Waals surface area contributed by atoms with Gasteiger partial charge in [0.15, 0.2) is 0 Å². The largest absolute Gasteiger partial charge is 0.369 e. The fourth-order valence-electron chi connectivity index (χ4n) is 2.01. The molecular weight excluding hydrogens is 347 g/mol. The van der Waals surface area contributed by atoms with Crippen LogP contribution < -0.4 is 5.73 Å². The first kappa shape index (κ1) is 16.5. The van der Waals surface area contributed by atoms with Gasteiger partial charge in [0.1, 0.15) is 21.5 Å². The number of nitrogens with zero attached hydrogens (tertiary/aromatic N) is 3. The van der Waals surface area contributed by atoms with Gasteiger partial charge in [-0.1, -0.05) is 11.8 Å². The monoisotopic (exact) mass is 360 g/mol. The molecule has 0 atom stereocenters. The van der Waals surface area contributed by atoms with Crippen molar-refractivity contribution >= 4 is 29.0 Å². The molecule has 3 aromatic rings. The van der Waals surface area contributed by atoms with Crippen molar-refractivity contribution in [2.45, 2.75) is 11.9 Å². The van der Waals surface area contributed by atoms with E-state index in [1.807, 2.05) is 13.0 Å². The highest BCUT2D eigenvalue weighted by atomic mass is 32.2. The average Bonchev–Trinajstić information content (AvgIpc) is 2.96. The van der Waals surface area contributed by atoms with Crippen LogP contribution in [0.4, 0.5) is 4.39 Å². The van der Waals surface area contributed by atoms with E-state index in [2.05, 4.69) is 15.2 Å². The van der Waals surface area contributed by atoms with Crippen molar-refractivity contribution < 1.29 is 9.18 Å². The molecule has 2 heterocycles. The quantitative estimate of drug-likeness (QED) is 0.706. The number of carbonyl (C=O) groups excluding carboxylic acids is 1. The molecule has 2 aromatic heterocycles. The molecule has 0 aliphatic rings. The van der Waals surface area contributed by atoms with Crippen molar-refractivity contribution in [2.75, 3.05) is 5.75 Å². The number of aromatic nitrogens is 3. The number of thioether (sulfide) groups is 1. The number of amides is 1. The van der Waals surface area contributed by atoms with E-state index < -0.39 is 5.91 Å². The van der Waals surface area contributed by atoms with Crippen LogP contribution in [-0.4, -0.2) is 26.8 Å². The molecule has 0 aliphatic carbocycles.